The zero-order chi connectivity index (χ0) is 19.4. The lowest BCUT2D eigenvalue weighted by Crippen LogP contribution is -2.15. The smallest absolute Gasteiger partial charge is 0.225 e. The predicted molar refractivity (Wildman–Crippen MR) is 101 cm³/mol. The summed E-state index contributed by atoms with van der Waals surface area (Å²) < 4.78 is 7.09. The maximum atomic E-state index is 11.3. The molecule has 7 heteroatoms. The quantitative estimate of drug-likeness (QED) is 0.658. The normalized spacial score (nSPS) is 11.1. The summed E-state index contributed by atoms with van der Waals surface area (Å²) >= 11 is 0. The summed E-state index contributed by atoms with van der Waals surface area (Å²) in [4.78, 5) is 15.8. The van der Waals surface area contributed by atoms with Crippen molar-refractivity contribution in [1.29, 1.82) is 0 Å². The first-order valence-corrected chi connectivity index (χ1v) is 9.16. The van der Waals surface area contributed by atoms with Crippen LogP contribution in [-0.2, 0) is 37.0 Å². The van der Waals surface area contributed by atoms with Crippen LogP contribution in [0.1, 0.15) is 46.7 Å². The Labute approximate surface area is 158 Å². The van der Waals surface area contributed by atoms with E-state index < -0.39 is 5.91 Å². The Balaban J connectivity index is 1.81. The van der Waals surface area contributed by atoms with Gasteiger partial charge in [0.05, 0.1) is 18.7 Å². The molecule has 1 amide bonds. The molecule has 0 aliphatic carbocycles. The van der Waals surface area contributed by atoms with Gasteiger partial charge in [-0.05, 0) is 37.8 Å². The number of carbonyl (C=O) groups excluding carboxylic acids is 1. The number of amides is 1. The van der Waals surface area contributed by atoms with Crippen LogP contribution in [0.25, 0.3) is 0 Å². The number of primary amides is 1. The Bertz CT molecular complexity index is 905. The van der Waals surface area contributed by atoms with E-state index >= 15 is 0 Å². The lowest BCUT2D eigenvalue weighted by Gasteiger charge is -2.07. The fraction of sp³-hybridized carbons (Fsp3) is 0.400. The summed E-state index contributed by atoms with van der Waals surface area (Å²) in [6.07, 6.45) is 2.49. The lowest BCUT2D eigenvalue weighted by atomic mass is 10.1. The molecule has 0 bridgehead atoms. The van der Waals surface area contributed by atoms with E-state index in [0.717, 1.165) is 41.2 Å². The summed E-state index contributed by atoms with van der Waals surface area (Å²) in [5.74, 6) is 1.68. The molecule has 1 aromatic carbocycles. The largest absolute Gasteiger partial charge is 0.369 e. The number of hydrogen-bond donors (Lipinski definition) is 1. The van der Waals surface area contributed by atoms with Gasteiger partial charge in [-0.15, -0.1) is 0 Å². The highest BCUT2D eigenvalue weighted by molar-refractivity contribution is 5.75. The number of nitrogens with two attached hydrogens (primary N) is 1. The van der Waals surface area contributed by atoms with Gasteiger partial charge < -0.3 is 10.3 Å². The minimum Gasteiger partial charge on any atom is -0.369 e. The van der Waals surface area contributed by atoms with Crippen molar-refractivity contribution in [2.24, 2.45) is 5.73 Å². The number of aromatic nitrogens is 4. The van der Waals surface area contributed by atoms with E-state index in [1.165, 1.54) is 5.56 Å². The number of carbonyl (C=O) groups is 1. The van der Waals surface area contributed by atoms with Crippen LogP contribution in [0, 0.1) is 13.8 Å². The molecule has 2 aromatic heterocycles. The average Bonchev–Trinajstić information content (AvgIpc) is 3.16. The number of benzene rings is 1. The lowest BCUT2D eigenvalue weighted by molar-refractivity contribution is -0.117. The Morgan fingerprint density at radius 2 is 1.85 bits per heavy atom. The minimum atomic E-state index is -0.434. The monoisotopic (exact) mass is 367 g/mol. The number of aryl methyl sites for hydroxylation is 4. The summed E-state index contributed by atoms with van der Waals surface area (Å²) in [6.45, 7) is 6.58. The molecular weight excluding hydrogens is 342 g/mol. The standard InChI is InChI=1S/C20H25N5O2/c1-4-15-5-7-16(8-6-15)12-25-20(22-19(23-25)11-18(21)26)10-9-17-13(2)24-27-14(17)3/h5-8H,4,9-12H2,1-3H3,(H2,21,26). The molecule has 3 rings (SSSR count). The summed E-state index contributed by atoms with van der Waals surface area (Å²) in [7, 11) is 0. The van der Waals surface area contributed by atoms with Crippen LogP contribution < -0.4 is 5.73 Å². The van der Waals surface area contributed by atoms with Crippen LogP contribution in [0.15, 0.2) is 28.8 Å². The van der Waals surface area contributed by atoms with E-state index in [2.05, 4.69) is 46.4 Å². The zero-order valence-corrected chi connectivity index (χ0v) is 16.0. The van der Waals surface area contributed by atoms with Crippen LogP contribution in [0.4, 0.5) is 0 Å². The molecule has 2 heterocycles. The molecule has 0 atom stereocenters. The van der Waals surface area contributed by atoms with Crippen molar-refractivity contribution >= 4 is 5.91 Å². The van der Waals surface area contributed by atoms with Crippen LogP contribution in [0.5, 0.6) is 0 Å². The third kappa shape index (κ3) is 4.61. The number of nitrogens with zero attached hydrogens (tertiary/aromatic N) is 4. The summed E-state index contributed by atoms with van der Waals surface area (Å²) in [5, 5.41) is 8.50. The first-order chi connectivity index (χ1) is 13.0. The van der Waals surface area contributed by atoms with Crippen LogP contribution >= 0.6 is 0 Å². The molecule has 0 saturated carbocycles. The van der Waals surface area contributed by atoms with Gasteiger partial charge in [-0.25, -0.2) is 9.67 Å². The van der Waals surface area contributed by atoms with Crippen molar-refractivity contribution in [3.8, 4) is 0 Å². The van der Waals surface area contributed by atoms with Gasteiger partial charge in [0.2, 0.25) is 5.91 Å². The second-order valence-electron chi connectivity index (χ2n) is 6.72. The average molecular weight is 367 g/mol. The number of hydrogen-bond acceptors (Lipinski definition) is 5. The van der Waals surface area contributed by atoms with Crippen LogP contribution in [-0.4, -0.2) is 25.8 Å². The van der Waals surface area contributed by atoms with Gasteiger partial charge in [-0.3, -0.25) is 4.79 Å². The first kappa shape index (κ1) is 18.8. The fourth-order valence-corrected chi connectivity index (χ4v) is 3.12. The topological polar surface area (TPSA) is 99.8 Å². The fourth-order valence-electron chi connectivity index (χ4n) is 3.12. The second-order valence-corrected chi connectivity index (χ2v) is 6.72. The maximum absolute atomic E-state index is 11.3. The number of rotatable bonds is 8. The third-order valence-electron chi connectivity index (χ3n) is 4.67. The van der Waals surface area contributed by atoms with E-state index in [1.807, 2.05) is 18.5 Å². The van der Waals surface area contributed by atoms with Crippen molar-refractivity contribution in [2.45, 2.75) is 53.0 Å². The molecule has 0 radical (unpaired) electrons. The highest BCUT2D eigenvalue weighted by Crippen LogP contribution is 2.16. The molecular formula is C20H25N5O2. The highest BCUT2D eigenvalue weighted by atomic mass is 16.5. The molecule has 142 valence electrons. The summed E-state index contributed by atoms with van der Waals surface area (Å²) in [5.41, 5.74) is 9.73. The SMILES string of the molecule is CCc1ccc(Cn2nc(CC(N)=O)nc2CCc2c(C)noc2C)cc1. The predicted octanol–water partition coefficient (Wildman–Crippen LogP) is 2.31. The van der Waals surface area contributed by atoms with Gasteiger partial charge in [-0.2, -0.15) is 5.10 Å². The van der Waals surface area contributed by atoms with Crippen LogP contribution in [0.3, 0.4) is 0 Å². The van der Waals surface area contributed by atoms with Crippen molar-refractivity contribution < 1.29 is 9.32 Å². The van der Waals surface area contributed by atoms with E-state index in [-0.39, 0.29) is 6.42 Å². The molecule has 7 nitrogen and oxygen atoms in total. The van der Waals surface area contributed by atoms with Gasteiger partial charge in [0.15, 0.2) is 5.82 Å². The molecule has 0 aliphatic heterocycles. The molecule has 0 spiro atoms. The molecule has 0 aliphatic rings. The van der Waals surface area contributed by atoms with Crippen molar-refractivity contribution in [3.05, 3.63) is 64.1 Å². The highest BCUT2D eigenvalue weighted by Gasteiger charge is 2.15. The first-order valence-electron chi connectivity index (χ1n) is 9.16. The Kier molecular flexibility index (Phi) is 5.69. The van der Waals surface area contributed by atoms with Crippen molar-refractivity contribution in [3.63, 3.8) is 0 Å². The van der Waals surface area contributed by atoms with E-state index in [4.69, 9.17) is 10.3 Å². The second kappa shape index (κ2) is 8.16. The van der Waals surface area contributed by atoms with Gasteiger partial charge in [0.25, 0.3) is 0 Å². The van der Waals surface area contributed by atoms with Crippen molar-refractivity contribution in [1.82, 2.24) is 19.9 Å². The molecule has 0 unspecified atom stereocenters. The molecule has 3 aromatic rings. The van der Waals surface area contributed by atoms with Gasteiger partial charge in [0.1, 0.15) is 11.6 Å². The van der Waals surface area contributed by atoms with E-state index in [0.29, 0.717) is 18.8 Å². The van der Waals surface area contributed by atoms with Crippen LogP contribution in [0.2, 0.25) is 0 Å². The van der Waals surface area contributed by atoms with Crippen molar-refractivity contribution in [2.75, 3.05) is 0 Å². The zero-order valence-electron chi connectivity index (χ0n) is 16.0. The molecule has 0 fully saturated rings. The third-order valence-corrected chi connectivity index (χ3v) is 4.67. The Morgan fingerprint density at radius 3 is 2.44 bits per heavy atom. The molecule has 0 saturated heterocycles. The maximum Gasteiger partial charge on any atom is 0.225 e. The van der Waals surface area contributed by atoms with Gasteiger partial charge in [0, 0.05) is 12.0 Å². The molecule has 27 heavy (non-hydrogen) atoms. The van der Waals surface area contributed by atoms with Gasteiger partial charge >= 0.3 is 0 Å². The minimum absolute atomic E-state index is 0.0418. The Morgan fingerprint density at radius 1 is 1.15 bits per heavy atom. The Hall–Kier alpha value is -2.96. The summed E-state index contributed by atoms with van der Waals surface area (Å²) in [6, 6.07) is 8.46. The van der Waals surface area contributed by atoms with Gasteiger partial charge in [-0.1, -0.05) is 36.3 Å². The van der Waals surface area contributed by atoms with E-state index in [1.54, 1.807) is 0 Å². The molecule has 2 N–H and O–H groups in total. The van der Waals surface area contributed by atoms with E-state index in [9.17, 15) is 4.79 Å².